The molecule has 10 heteroatoms. The van der Waals surface area contributed by atoms with Crippen LogP contribution in [0.15, 0.2) is 0 Å². The summed E-state index contributed by atoms with van der Waals surface area (Å²) < 4.78 is 40.6. The second-order valence-corrected chi connectivity index (χ2v) is 9.73. The third-order valence-corrected chi connectivity index (χ3v) is 5.94. The lowest BCUT2D eigenvalue weighted by molar-refractivity contribution is -0.0759. The lowest BCUT2D eigenvalue weighted by atomic mass is 10.1. The minimum atomic E-state index is -4.11. The van der Waals surface area contributed by atoms with E-state index < -0.39 is 32.2 Å². The summed E-state index contributed by atoms with van der Waals surface area (Å²) in [5.41, 5.74) is 0. The van der Waals surface area contributed by atoms with E-state index in [1.807, 2.05) is 34.6 Å². The van der Waals surface area contributed by atoms with Gasteiger partial charge in [-0.15, -0.1) is 0 Å². The summed E-state index contributed by atoms with van der Waals surface area (Å²) in [5.74, 6) is 0. The molecule has 2 heterocycles. The molecule has 0 aromatic heterocycles. The summed E-state index contributed by atoms with van der Waals surface area (Å²) in [6, 6.07) is -0.360. The fourth-order valence-corrected chi connectivity index (χ4v) is 4.61. The first kappa shape index (κ1) is 24.2. The zero-order valence-electron chi connectivity index (χ0n) is 17.6. The monoisotopic (exact) mass is 425 g/mol. The number of hydrogen-bond acceptors (Lipinski definition) is 7. The van der Waals surface area contributed by atoms with Crippen LogP contribution in [0.4, 0.5) is 0 Å². The molecule has 0 radical (unpaired) electrons. The first-order valence-electron chi connectivity index (χ1n) is 9.99. The van der Waals surface area contributed by atoms with Crippen molar-refractivity contribution in [2.24, 2.45) is 0 Å². The van der Waals surface area contributed by atoms with E-state index >= 15 is 0 Å². The number of nitrogens with one attached hydrogen (secondary N) is 1. The Labute approximate surface area is 167 Å². The molecule has 0 aliphatic carbocycles. The van der Waals surface area contributed by atoms with Crippen LogP contribution in [0.3, 0.4) is 0 Å². The number of aliphatic hydroxyl groups is 1. The molecule has 2 aliphatic rings. The van der Waals surface area contributed by atoms with E-state index in [1.165, 1.54) is 0 Å². The molecule has 0 spiro atoms. The lowest BCUT2D eigenvalue weighted by Gasteiger charge is -2.26. The van der Waals surface area contributed by atoms with E-state index in [1.54, 1.807) is 6.92 Å². The van der Waals surface area contributed by atoms with Crippen LogP contribution in [0.2, 0.25) is 0 Å². The second-order valence-electron chi connectivity index (χ2n) is 8.17. The molecule has 2 fully saturated rings. The predicted octanol–water partition coefficient (Wildman–Crippen LogP) is 1.61. The van der Waals surface area contributed by atoms with Crippen LogP contribution in [0, 0.1) is 0 Å². The zero-order chi connectivity index (χ0) is 21.1. The number of ether oxygens (including phenoxy) is 4. The van der Waals surface area contributed by atoms with Crippen molar-refractivity contribution in [3.63, 3.8) is 0 Å². The Kier molecular flexibility index (Phi) is 8.88. The van der Waals surface area contributed by atoms with E-state index in [0.29, 0.717) is 13.0 Å². The van der Waals surface area contributed by atoms with Crippen LogP contribution >= 0.6 is 7.75 Å². The second kappa shape index (κ2) is 10.3. The van der Waals surface area contributed by atoms with Gasteiger partial charge < -0.3 is 28.9 Å². The topological polar surface area (TPSA) is 116 Å². The molecule has 28 heavy (non-hydrogen) atoms. The Bertz CT molecular complexity index is 534. The maximum absolute atomic E-state index is 12.6. The Hall–Kier alpha value is -0.0900. The molecule has 3 N–H and O–H groups in total. The standard InChI is InChI=1S/C18H36NO8P/c1-10(2)23-8-15-14(7-12(5)26-15)19-28(21,22)24-9-16-18(25-11(3)4)17(20)13(6)27-16/h10-18,20H,7-9H2,1-6H3,(H2,19,21,22)/t12-,13-,14?,15+,16+,17+,18?/m0/s1. The van der Waals surface area contributed by atoms with Gasteiger partial charge in [0, 0.05) is 6.04 Å². The van der Waals surface area contributed by atoms with Crippen molar-refractivity contribution < 1.29 is 38.0 Å². The molecular formula is C18H36NO8P. The van der Waals surface area contributed by atoms with Gasteiger partial charge in [-0.2, -0.15) is 0 Å². The van der Waals surface area contributed by atoms with Gasteiger partial charge in [0.1, 0.15) is 18.3 Å². The van der Waals surface area contributed by atoms with Crippen molar-refractivity contribution in [1.29, 1.82) is 0 Å². The lowest BCUT2D eigenvalue weighted by Crippen LogP contribution is -2.40. The highest BCUT2D eigenvalue weighted by molar-refractivity contribution is 7.50. The molecule has 0 aromatic rings. The van der Waals surface area contributed by atoms with Gasteiger partial charge in [0.15, 0.2) is 0 Å². The maximum atomic E-state index is 12.6. The van der Waals surface area contributed by atoms with Gasteiger partial charge in [0.2, 0.25) is 0 Å². The van der Waals surface area contributed by atoms with Gasteiger partial charge in [0.25, 0.3) is 0 Å². The molecule has 3 unspecified atom stereocenters. The zero-order valence-corrected chi connectivity index (χ0v) is 18.5. The van der Waals surface area contributed by atoms with Crippen molar-refractivity contribution in [3.05, 3.63) is 0 Å². The fourth-order valence-electron chi connectivity index (χ4n) is 3.50. The molecule has 0 aromatic carbocycles. The summed E-state index contributed by atoms with van der Waals surface area (Å²) in [6.07, 6.45) is -2.37. The SMILES string of the molecule is CC(C)OC[C@H]1O[C@@H](C)CC1NP(=O)(O)OC[C@H]1O[C@@H](C)[C@@H](O)C1OC(C)C. The Morgan fingerprint density at radius 3 is 2.39 bits per heavy atom. The van der Waals surface area contributed by atoms with Crippen LogP contribution in [0.25, 0.3) is 0 Å². The van der Waals surface area contributed by atoms with E-state index in [-0.39, 0.29) is 37.1 Å². The predicted molar refractivity (Wildman–Crippen MR) is 103 cm³/mol. The minimum Gasteiger partial charge on any atom is -0.388 e. The highest BCUT2D eigenvalue weighted by Gasteiger charge is 2.44. The third-order valence-electron chi connectivity index (χ3n) is 4.78. The molecule has 166 valence electrons. The molecule has 0 amide bonds. The largest absolute Gasteiger partial charge is 0.403 e. The highest BCUT2D eigenvalue weighted by Crippen LogP contribution is 2.41. The molecule has 2 aliphatic heterocycles. The summed E-state index contributed by atoms with van der Waals surface area (Å²) >= 11 is 0. The van der Waals surface area contributed by atoms with Gasteiger partial charge in [0.05, 0.1) is 43.7 Å². The molecule has 8 atom stereocenters. The maximum Gasteiger partial charge on any atom is 0.403 e. The van der Waals surface area contributed by atoms with Crippen molar-refractivity contribution in [2.75, 3.05) is 13.2 Å². The van der Waals surface area contributed by atoms with Gasteiger partial charge >= 0.3 is 7.75 Å². The highest BCUT2D eigenvalue weighted by atomic mass is 31.2. The normalized spacial score (nSPS) is 38.4. The van der Waals surface area contributed by atoms with Gasteiger partial charge in [-0.1, -0.05) is 0 Å². The smallest absolute Gasteiger partial charge is 0.388 e. The van der Waals surface area contributed by atoms with Crippen molar-refractivity contribution in [3.8, 4) is 0 Å². The molecule has 0 bridgehead atoms. The van der Waals surface area contributed by atoms with Crippen molar-refractivity contribution in [2.45, 2.75) is 103 Å². The van der Waals surface area contributed by atoms with Gasteiger partial charge in [-0.05, 0) is 48.0 Å². The summed E-state index contributed by atoms with van der Waals surface area (Å²) in [4.78, 5) is 10.3. The number of aliphatic hydroxyl groups excluding tert-OH is 1. The summed E-state index contributed by atoms with van der Waals surface area (Å²) in [5, 5.41) is 12.9. The van der Waals surface area contributed by atoms with Gasteiger partial charge in [-0.25, -0.2) is 9.65 Å². The average Bonchev–Trinajstić information content (AvgIpc) is 3.04. The Morgan fingerprint density at radius 1 is 1.11 bits per heavy atom. The van der Waals surface area contributed by atoms with E-state index in [0.717, 1.165) is 0 Å². The first-order valence-corrected chi connectivity index (χ1v) is 11.6. The van der Waals surface area contributed by atoms with Crippen LogP contribution in [-0.4, -0.2) is 78.1 Å². The molecule has 2 rings (SSSR count). The number of hydrogen-bond donors (Lipinski definition) is 3. The summed E-state index contributed by atoms with van der Waals surface area (Å²) in [7, 11) is -4.11. The van der Waals surface area contributed by atoms with E-state index in [2.05, 4.69) is 5.09 Å². The van der Waals surface area contributed by atoms with Crippen molar-refractivity contribution in [1.82, 2.24) is 5.09 Å². The molecule has 2 saturated heterocycles. The first-order chi connectivity index (χ1) is 13.0. The van der Waals surface area contributed by atoms with Gasteiger partial charge in [-0.3, -0.25) is 4.52 Å². The third kappa shape index (κ3) is 7.00. The Morgan fingerprint density at radius 2 is 1.79 bits per heavy atom. The molecule has 9 nitrogen and oxygen atoms in total. The fraction of sp³-hybridized carbons (Fsp3) is 1.00. The Balaban J connectivity index is 1.90. The van der Waals surface area contributed by atoms with Crippen LogP contribution in [-0.2, 0) is 28.0 Å². The number of rotatable bonds is 10. The molecular weight excluding hydrogens is 389 g/mol. The van der Waals surface area contributed by atoms with Crippen LogP contribution < -0.4 is 5.09 Å². The average molecular weight is 425 g/mol. The minimum absolute atomic E-state index is 0.0446. The quantitative estimate of drug-likeness (QED) is 0.449. The summed E-state index contributed by atoms with van der Waals surface area (Å²) in [6.45, 7) is 11.4. The van der Waals surface area contributed by atoms with Crippen molar-refractivity contribution >= 4 is 7.75 Å². The van der Waals surface area contributed by atoms with Crippen LogP contribution in [0.1, 0.15) is 48.0 Å². The molecule has 0 saturated carbocycles. The van der Waals surface area contributed by atoms with E-state index in [9.17, 15) is 14.6 Å². The van der Waals surface area contributed by atoms with Crippen LogP contribution in [0.5, 0.6) is 0 Å². The van der Waals surface area contributed by atoms with E-state index in [4.69, 9.17) is 23.5 Å².